The van der Waals surface area contributed by atoms with Gasteiger partial charge in [-0.1, -0.05) is 37.3 Å². The molecule has 3 rings (SSSR count). The number of methoxy groups -OCH3 is 1. The number of Topliss-reactive ketones (excluding diaryl/α,β-unsaturated/α-hetero) is 1. The lowest BCUT2D eigenvalue weighted by Gasteiger charge is -2.19. The minimum Gasteiger partial charge on any atom is -0.493 e. The molecule has 0 heterocycles. The maximum atomic E-state index is 12.1. The van der Waals surface area contributed by atoms with E-state index in [2.05, 4.69) is 0 Å². The van der Waals surface area contributed by atoms with Crippen molar-refractivity contribution in [3.63, 3.8) is 0 Å². The maximum Gasteiger partial charge on any atom is 0.169 e. The van der Waals surface area contributed by atoms with Gasteiger partial charge in [-0.05, 0) is 30.0 Å². The van der Waals surface area contributed by atoms with Gasteiger partial charge in [0.2, 0.25) is 0 Å². The monoisotopic (exact) mass is 338 g/mol. The number of carbonyl (C=O) groups excluding carboxylic acids is 2. The second-order valence-corrected chi connectivity index (χ2v) is 6.47. The van der Waals surface area contributed by atoms with Crippen molar-refractivity contribution in [1.29, 1.82) is 0 Å². The first-order valence-electron chi connectivity index (χ1n) is 8.48. The van der Waals surface area contributed by atoms with Crippen LogP contribution in [0.15, 0.2) is 30.3 Å². The van der Waals surface area contributed by atoms with Gasteiger partial charge >= 0.3 is 0 Å². The molecular formula is C21H22O4. The lowest BCUT2D eigenvalue weighted by Crippen LogP contribution is -2.11. The van der Waals surface area contributed by atoms with Crippen LogP contribution >= 0.6 is 0 Å². The molecule has 130 valence electrons. The van der Waals surface area contributed by atoms with Crippen molar-refractivity contribution >= 4 is 12.1 Å². The summed E-state index contributed by atoms with van der Waals surface area (Å²) in [6, 6.07) is 9.78. The van der Waals surface area contributed by atoms with E-state index in [1.165, 1.54) is 0 Å². The summed E-state index contributed by atoms with van der Waals surface area (Å²) < 4.78 is 11.6. The molecule has 1 aliphatic rings. The first-order chi connectivity index (χ1) is 12.1. The molecule has 0 saturated carbocycles. The van der Waals surface area contributed by atoms with Crippen LogP contribution in [-0.4, -0.2) is 25.8 Å². The van der Waals surface area contributed by atoms with Crippen molar-refractivity contribution in [3.8, 4) is 22.6 Å². The van der Waals surface area contributed by atoms with Crippen LogP contribution in [0, 0.1) is 12.8 Å². The summed E-state index contributed by atoms with van der Waals surface area (Å²) in [5.74, 6) is 1.27. The minimum absolute atomic E-state index is 0.188. The van der Waals surface area contributed by atoms with E-state index in [9.17, 15) is 9.59 Å². The van der Waals surface area contributed by atoms with Crippen LogP contribution in [0.5, 0.6) is 11.5 Å². The molecule has 1 atom stereocenters. The number of hydrogen-bond acceptors (Lipinski definition) is 4. The summed E-state index contributed by atoms with van der Waals surface area (Å²) in [6.07, 6.45) is 2.17. The average molecular weight is 338 g/mol. The molecule has 0 fully saturated rings. The zero-order valence-electron chi connectivity index (χ0n) is 14.8. The normalized spacial score (nSPS) is 14.1. The number of rotatable bonds is 6. The third kappa shape index (κ3) is 3.16. The molecule has 25 heavy (non-hydrogen) atoms. The lowest BCUT2D eigenvalue weighted by molar-refractivity contribution is -0.111. The van der Waals surface area contributed by atoms with E-state index in [4.69, 9.17) is 9.47 Å². The topological polar surface area (TPSA) is 52.6 Å². The van der Waals surface area contributed by atoms with E-state index in [0.717, 1.165) is 40.5 Å². The van der Waals surface area contributed by atoms with Crippen LogP contribution in [0.25, 0.3) is 11.1 Å². The van der Waals surface area contributed by atoms with Gasteiger partial charge in [-0.15, -0.1) is 0 Å². The van der Waals surface area contributed by atoms with Gasteiger partial charge in [-0.25, -0.2) is 0 Å². The standard InChI is InChI=1S/C21H22O4/c1-13(11-22)12-25-21-18(8-7-14(2)20(21)24-3)15-5-4-6-17-16(15)9-10-19(17)23/h4-8,11,13H,9-10,12H2,1-3H3. The summed E-state index contributed by atoms with van der Waals surface area (Å²) >= 11 is 0. The number of ketones is 1. The van der Waals surface area contributed by atoms with Crippen LogP contribution in [0.1, 0.15) is 34.8 Å². The third-order valence-electron chi connectivity index (χ3n) is 4.60. The SMILES string of the molecule is COc1c(C)ccc(-c2cccc3c2CCC3=O)c1OCC(C)C=O. The van der Waals surface area contributed by atoms with Crippen LogP contribution in [0.3, 0.4) is 0 Å². The Kier molecular flexibility index (Phi) is 4.88. The van der Waals surface area contributed by atoms with E-state index in [0.29, 0.717) is 17.9 Å². The van der Waals surface area contributed by atoms with Gasteiger partial charge in [-0.2, -0.15) is 0 Å². The summed E-state index contributed by atoms with van der Waals surface area (Å²) in [6.45, 7) is 4.05. The molecule has 0 saturated heterocycles. The average Bonchev–Trinajstić information content (AvgIpc) is 3.01. The summed E-state index contributed by atoms with van der Waals surface area (Å²) in [5, 5.41) is 0. The third-order valence-corrected chi connectivity index (χ3v) is 4.60. The van der Waals surface area contributed by atoms with Gasteiger partial charge in [0, 0.05) is 23.5 Å². The second kappa shape index (κ2) is 7.09. The number of benzene rings is 2. The van der Waals surface area contributed by atoms with E-state index >= 15 is 0 Å². The minimum atomic E-state index is -0.207. The van der Waals surface area contributed by atoms with Crippen molar-refractivity contribution in [2.75, 3.05) is 13.7 Å². The fourth-order valence-electron chi connectivity index (χ4n) is 3.27. The number of aryl methyl sites for hydroxylation is 1. The Balaban J connectivity index is 2.13. The Hall–Kier alpha value is -2.62. The Labute approximate surface area is 147 Å². The number of aldehydes is 1. The Morgan fingerprint density at radius 1 is 1.08 bits per heavy atom. The molecule has 0 aromatic heterocycles. The van der Waals surface area contributed by atoms with Gasteiger partial charge in [0.05, 0.1) is 13.7 Å². The Morgan fingerprint density at radius 3 is 2.56 bits per heavy atom. The van der Waals surface area contributed by atoms with E-state index in [1.54, 1.807) is 7.11 Å². The van der Waals surface area contributed by atoms with Crippen LogP contribution < -0.4 is 9.47 Å². The van der Waals surface area contributed by atoms with Gasteiger partial charge in [-0.3, -0.25) is 4.79 Å². The van der Waals surface area contributed by atoms with Crippen LogP contribution in [0.2, 0.25) is 0 Å². The fraction of sp³-hybridized carbons (Fsp3) is 0.333. The first kappa shape index (κ1) is 17.2. The molecule has 4 heteroatoms. The molecular weight excluding hydrogens is 316 g/mol. The van der Waals surface area contributed by atoms with E-state index < -0.39 is 0 Å². The van der Waals surface area contributed by atoms with Crippen molar-refractivity contribution < 1.29 is 19.1 Å². The zero-order valence-corrected chi connectivity index (χ0v) is 14.8. The highest BCUT2D eigenvalue weighted by atomic mass is 16.5. The largest absolute Gasteiger partial charge is 0.493 e. The highest BCUT2D eigenvalue weighted by molar-refractivity contribution is 6.02. The number of carbonyl (C=O) groups is 2. The van der Waals surface area contributed by atoms with Gasteiger partial charge in [0.1, 0.15) is 6.29 Å². The maximum absolute atomic E-state index is 12.1. The van der Waals surface area contributed by atoms with Gasteiger partial charge in [0.15, 0.2) is 17.3 Å². The van der Waals surface area contributed by atoms with Crippen LogP contribution in [0.4, 0.5) is 0 Å². The zero-order chi connectivity index (χ0) is 18.0. The highest BCUT2D eigenvalue weighted by Gasteiger charge is 2.25. The molecule has 0 aliphatic heterocycles. The first-order valence-corrected chi connectivity index (χ1v) is 8.48. The molecule has 1 aliphatic carbocycles. The van der Waals surface area contributed by atoms with E-state index in [-0.39, 0.29) is 18.3 Å². The smallest absolute Gasteiger partial charge is 0.169 e. The number of fused-ring (bicyclic) bond motifs is 1. The summed E-state index contributed by atoms with van der Waals surface area (Å²) in [5.41, 5.74) is 4.71. The molecule has 0 N–H and O–H groups in total. The number of hydrogen-bond donors (Lipinski definition) is 0. The molecule has 0 spiro atoms. The lowest BCUT2D eigenvalue weighted by atomic mass is 9.95. The predicted octanol–water partition coefficient (Wildman–Crippen LogP) is 4.01. The van der Waals surface area contributed by atoms with Crippen molar-refractivity contribution in [1.82, 2.24) is 0 Å². The highest BCUT2D eigenvalue weighted by Crippen LogP contribution is 2.43. The van der Waals surface area contributed by atoms with E-state index in [1.807, 2.05) is 44.2 Å². The molecule has 1 unspecified atom stereocenters. The Morgan fingerprint density at radius 2 is 1.84 bits per heavy atom. The summed E-state index contributed by atoms with van der Waals surface area (Å²) in [7, 11) is 1.61. The van der Waals surface area contributed by atoms with Crippen molar-refractivity contribution in [2.24, 2.45) is 5.92 Å². The molecule has 2 aromatic rings. The van der Waals surface area contributed by atoms with Crippen molar-refractivity contribution in [3.05, 3.63) is 47.0 Å². The molecule has 4 nitrogen and oxygen atoms in total. The molecule has 0 amide bonds. The quantitative estimate of drug-likeness (QED) is 0.747. The van der Waals surface area contributed by atoms with Gasteiger partial charge < -0.3 is 14.3 Å². The van der Waals surface area contributed by atoms with Gasteiger partial charge in [0.25, 0.3) is 0 Å². The molecule has 0 bridgehead atoms. The fourth-order valence-corrected chi connectivity index (χ4v) is 3.27. The molecule has 0 radical (unpaired) electrons. The number of ether oxygens (including phenoxy) is 2. The van der Waals surface area contributed by atoms with Crippen LogP contribution in [-0.2, 0) is 11.2 Å². The summed E-state index contributed by atoms with van der Waals surface area (Å²) in [4.78, 5) is 23.0. The second-order valence-electron chi connectivity index (χ2n) is 6.47. The van der Waals surface area contributed by atoms with Crippen molar-refractivity contribution in [2.45, 2.75) is 26.7 Å². The predicted molar refractivity (Wildman–Crippen MR) is 96.5 cm³/mol. The molecule has 2 aromatic carbocycles. The Bertz CT molecular complexity index is 823.